The maximum Gasteiger partial charge on any atom is 0.387 e. The third-order valence-corrected chi connectivity index (χ3v) is 3.90. The van der Waals surface area contributed by atoms with Crippen LogP contribution in [-0.2, 0) is 19.6 Å². The van der Waals surface area contributed by atoms with Crippen LogP contribution in [0.25, 0.3) is 0 Å². The lowest BCUT2D eigenvalue weighted by Gasteiger charge is -2.09. The first-order valence-corrected chi connectivity index (χ1v) is 8.82. The summed E-state index contributed by atoms with van der Waals surface area (Å²) in [6.45, 7) is -3.80. The van der Waals surface area contributed by atoms with Crippen molar-refractivity contribution in [3.8, 4) is 5.75 Å². The topological polar surface area (TPSA) is 138 Å². The Morgan fingerprint density at radius 3 is 2.52 bits per heavy atom. The summed E-state index contributed by atoms with van der Waals surface area (Å²) >= 11 is 5.74. The van der Waals surface area contributed by atoms with Gasteiger partial charge in [0.25, 0.3) is 15.9 Å². The van der Waals surface area contributed by atoms with E-state index in [9.17, 15) is 26.8 Å². The van der Waals surface area contributed by atoms with Crippen LogP contribution in [0.3, 0.4) is 0 Å². The van der Waals surface area contributed by atoms with Gasteiger partial charge in [-0.25, -0.2) is 18.4 Å². The van der Waals surface area contributed by atoms with Crippen LogP contribution in [0, 0.1) is 0 Å². The summed E-state index contributed by atoms with van der Waals surface area (Å²) in [7, 11) is -4.13. The number of halogens is 3. The number of furan rings is 1. The van der Waals surface area contributed by atoms with Gasteiger partial charge in [0.1, 0.15) is 5.75 Å². The molecule has 2 aromatic rings. The molecule has 0 aliphatic rings. The van der Waals surface area contributed by atoms with Crippen molar-refractivity contribution in [2.45, 2.75) is 11.7 Å². The van der Waals surface area contributed by atoms with Crippen molar-refractivity contribution in [3.05, 3.63) is 41.1 Å². The number of ether oxygens (including phenoxy) is 2. The lowest BCUT2D eigenvalue weighted by molar-refractivity contribution is -0.119. The van der Waals surface area contributed by atoms with E-state index in [1.165, 1.54) is 6.07 Å². The van der Waals surface area contributed by atoms with Crippen molar-refractivity contribution in [2.24, 2.45) is 5.14 Å². The number of nitrogens with two attached hydrogens (primary N) is 1. The zero-order valence-electron chi connectivity index (χ0n) is 13.1. The lowest BCUT2D eigenvalue weighted by Crippen LogP contribution is -2.20. The van der Waals surface area contributed by atoms with Gasteiger partial charge in [-0.2, -0.15) is 8.78 Å². The minimum Gasteiger partial charge on any atom is -0.450 e. The third kappa shape index (κ3) is 5.91. The normalized spacial score (nSPS) is 11.3. The fourth-order valence-electron chi connectivity index (χ4n) is 1.75. The van der Waals surface area contributed by atoms with Gasteiger partial charge in [0.2, 0.25) is 10.9 Å². The Hall–Kier alpha value is -2.70. The second kappa shape index (κ2) is 8.33. The monoisotopic (exact) mass is 424 g/mol. The fraction of sp³-hybridized carbons (Fsp3) is 0.143. The molecule has 2 rings (SSSR count). The standard InChI is InChI=1S/C14H11ClF2N2O7S/c15-8-5-7(1-2-9(8)26-14(16)17)19-11(20)6-24-13(21)10-3-4-12(25-10)27(18,22)23/h1-5,14H,6H2,(H,19,20)(H2,18,22,23). The molecule has 0 spiro atoms. The molecule has 0 aliphatic heterocycles. The average Bonchev–Trinajstić information content (AvgIpc) is 3.05. The molecule has 0 saturated heterocycles. The molecule has 0 fully saturated rings. The van der Waals surface area contributed by atoms with Crippen molar-refractivity contribution in [2.75, 3.05) is 11.9 Å². The zero-order valence-corrected chi connectivity index (χ0v) is 14.7. The van der Waals surface area contributed by atoms with Crippen molar-refractivity contribution < 1.29 is 40.7 Å². The molecule has 27 heavy (non-hydrogen) atoms. The van der Waals surface area contributed by atoms with Crippen molar-refractivity contribution >= 4 is 39.2 Å². The van der Waals surface area contributed by atoms with E-state index in [1.807, 2.05) is 0 Å². The molecule has 3 N–H and O–H groups in total. The number of hydrogen-bond donors (Lipinski definition) is 2. The van der Waals surface area contributed by atoms with Gasteiger partial charge in [-0.05, 0) is 30.3 Å². The smallest absolute Gasteiger partial charge is 0.387 e. The molecular formula is C14H11ClF2N2O7S. The number of anilines is 1. The number of alkyl halides is 2. The van der Waals surface area contributed by atoms with E-state index >= 15 is 0 Å². The Morgan fingerprint density at radius 1 is 1.26 bits per heavy atom. The Bertz CT molecular complexity index is 962. The number of sulfonamides is 1. The number of primary sulfonamides is 1. The Balaban J connectivity index is 1.91. The SMILES string of the molecule is NS(=O)(=O)c1ccc(C(=O)OCC(=O)Nc2ccc(OC(F)F)c(Cl)c2)o1. The van der Waals surface area contributed by atoms with Gasteiger partial charge in [0.05, 0.1) is 5.02 Å². The Morgan fingerprint density at radius 2 is 1.96 bits per heavy atom. The molecule has 0 atom stereocenters. The molecule has 0 bridgehead atoms. The van der Waals surface area contributed by atoms with Crippen LogP contribution in [0.2, 0.25) is 5.02 Å². The first-order chi connectivity index (χ1) is 12.6. The summed E-state index contributed by atoms with van der Waals surface area (Å²) in [4.78, 5) is 23.5. The maximum atomic E-state index is 12.1. The molecule has 9 nitrogen and oxygen atoms in total. The molecule has 1 heterocycles. The quantitative estimate of drug-likeness (QED) is 0.648. The summed E-state index contributed by atoms with van der Waals surface area (Å²) < 4.78 is 59.9. The largest absolute Gasteiger partial charge is 0.450 e. The predicted octanol–water partition coefficient (Wildman–Crippen LogP) is 1.98. The minimum absolute atomic E-state index is 0.136. The van der Waals surface area contributed by atoms with E-state index in [-0.39, 0.29) is 16.5 Å². The van der Waals surface area contributed by atoms with Crippen molar-refractivity contribution in [3.63, 3.8) is 0 Å². The van der Waals surface area contributed by atoms with Gasteiger partial charge in [0.15, 0.2) is 6.61 Å². The fourth-order valence-corrected chi connectivity index (χ4v) is 2.44. The van der Waals surface area contributed by atoms with Crippen LogP contribution in [0.15, 0.2) is 39.8 Å². The Kier molecular flexibility index (Phi) is 6.36. The second-order valence-corrected chi connectivity index (χ2v) is 6.71. The number of benzene rings is 1. The highest BCUT2D eigenvalue weighted by Gasteiger charge is 2.19. The summed E-state index contributed by atoms with van der Waals surface area (Å²) in [5.74, 6) is -2.62. The second-order valence-electron chi connectivity index (χ2n) is 4.81. The summed E-state index contributed by atoms with van der Waals surface area (Å²) in [5, 5.41) is 6.33. The van der Waals surface area contributed by atoms with Crippen LogP contribution in [-0.4, -0.2) is 33.5 Å². The maximum absolute atomic E-state index is 12.1. The van der Waals surface area contributed by atoms with E-state index in [1.54, 1.807) is 0 Å². The van der Waals surface area contributed by atoms with Crippen LogP contribution in [0.1, 0.15) is 10.6 Å². The van der Waals surface area contributed by atoms with E-state index in [2.05, 4.69) is 14.8 Å². The predicted molar refractivity (Wildman–Crippen MR) is 87.1 cm³/mol. The van der Waals surface area contributed by atoms with Gasteiger partial charge >= 0.3 is 12.6 Å². The third-order valence-electron chi connectivity index (χ3n) is 2.83. The number of nitrogens with one attached hydrogen (secondary N) is 1. The highest BCUT2D eigenvalue weighted by Crippen LogP contribution is 2.28. The summed E-state index contributed by atoms with van der Waals surface area (Å²) in [6, 6.07) is 5.49. The van der Waals surface area contributed by atoms with Crippen LogP contribution >= 0.6 is 11.6 Å². The molecule has 146 valence electrons. The van der Waals surface area contributed by atoms with Gasteiger partial charge in [0, 0.05) is 5.69 Å². The zero-order chi connectivity index (χ0) is 20.2. The molecule has 13 heteroatoms. The van der Waals surface area contributed by atoms with E-state index in [4.69, 9.17) is 21.2 Å². The van der Waals surface area contributed by atoms with Gasteiger partial charge in [-0.15, -0.1) is 0 Å². The molecule has 0 aliphatic carbocycles. The number of hydrogen-bond acceptors (Lipinski definition) is 7. The van der Waals surface area contributed by atoms with Crippen LogP contribution in [0.5, 0.6) is 5.75 Å². The summed E-state index contributed by atoms with van der Waals surface area (Å²) in [5.41, 5.74) is 0.136. The molecule has 1 aromatic heterocycles. The van der Waals surface area contributed by atoms with Crippen molar-refractivity contribution in [1.29, 1.82) is 0 Å². The lowest BCUT2D eigenvalue weighted by atomic mass is 10.3. The minimum atomic E-state index is -4.13. The number of amides is 1. The van der Waals surface area contributed by atoms with Gasteiger partial charge in [-0.3, -0.25) is 4.79 Å². The average molecular weight is 425 g/mol. The number of rotatable bonds is 7. The van der Waals surface area contributed by atoms with E-state index in [0.29, 0.717) is 0 Å². The molecule has 0 radical (unpaired) electrons. The number of carbonyl (C=O) groups is 2. The van der Waals surface area contributed by atoms with E-state index < -0.39 is 46.0 Å². The van der Waals surface area contributed by atoms with Crippen LogP contribution < -0.4 is 15.2 Å². The summed E-state index contributed by atoms with van der Waals surface area (Å²) in [6.07, 6.45) is 0. The highest BCUT2D eigenvalue weighted by molar-refractivity contribution is 7.89. The number of carbonyl (C=O) groups excluding carboxylic acids is 2. The Labute approximate surface area is 156 Å². The van der Waals surface area contributed by atoms with Crippen molar-refractivity contribution in [1.82, 2.24) is 0 Å². The number of esters is 1. The first kappa shape index (κ1) is 20.6. The molecule has 0 saturated carbocycles. The van der Waals surface area contributed by atoms with Crippen LogP contribution in [0.4, 0.5) is 14.5 Å². The highest BCUT2D eigenvalue weighted by atomic mass is 35.5. The van der Waals surface area contributed by atoms with Gasteiger partial charge in [-0.1, -0.05) is 11.6 Å². The molecule has 1 amide bonds. The molecule has 1 aromatic carbocycles. The first-order valence-electron chi connectivity index (χ1n) is 6.90. The van der Waals surface area contributed by atoms with Gasteiger partial charge < -0.3 is 19.2 Å². The molecular weight excluding hydrogens is 414 g/mol. The molecule has 0 unspecified atom stereocenters. The van der Waals surface area contributed by atoms with E-state index in [0.717, 1.165) is 24.3 Å².